The van der Waals surface area contributed by atoms with Crippen molar-refractivity contribution in [2.75, 3.05) is 26.2 Å². The first kappa shape index (κ1) is 17.5. The number of hydrogen-bond donors (Lipinski definition) is 1. The smallest absolute Gasteiger partial charge is 0.258 e. The van der Waals surface area contributed by atoms with Gasteiger partial charge in [-0.05, 0) is 31.0 Å². The van der Waals surface area contributed by atoms with Crippen LogP contribution in [0.15, 0.2) is 41.3 Å². The van der Waals surface area contributed by atoms with E-state index in [2.05, 4.69) is 9.88 Å². The average Bonchev–Trinajstić information content (AvgIpc) is 3.18. The summed E-state index contributed by atoms with van der Waals surface area (Å²) in [6, 6.07) is 9.98. The number of nitrogens with one attached hydrogen (secondary N) is 1. The summed E-state index contributed by atoms with van der Waals surface area (Å²) in [4.78, 5) is 32.8. The Balaban J connectivity index is 1.36. The summed E-state index contributed by atoms with van der Waals surface area (Å²) in [5.74, 6) is 0.0527. The Bertz CT molecular complexity index is 1070. The topological polar surface area (TPSA) is 60.8 Å². The number of hydrogen-bond acceptors (Lipinski definition) is 3. The fraction of sp³-hybridized carbons (Fsp3) is 0.455. The second-order valence-corrected chi connectivity index (χ2v) is 8.08. The van der Waals surface area contributed by atoms with Gasteiger partial charge in [-0.15, -0.1) is 0 Å². The molecule has 0 unspecified atom stereocenters. The number of piperazine rings is 1. The molecule has 2 fully saturated rings. The average molecular weight is 378 g/mol. The maximum atomic E-state index is 13.1. The second kappa shape index (κ2) is 7.09. The third-order valence-corrected chi connectivity index (χ3v) is 6.41. The normalized spacial score (nSPS) is 19.5. The lowest BCUT2D eigenvalue weighted by Gasteiger charge is -2.40. The van der Waals surface area contributed by atoms with Gasteiger partial charge in [-0.3, -0.25) is 14.5 Å². The first-order chi connectivity index (χ1) is 13.7. The second-order valence-electron chi connectivity index (χ2n) is 8.08. The number of rotatable bonds is 2. The highest BCUT2D eigenvalue weighted by atomic mass is 16.2. The molecule has 2 aromatic heterocycles. The van der Waals surface area contributed by atoms with Crippen LogP contribution in [0.3, 0.4) is 0 Å². The monoisotopic (exact) mass is 378 g/mol. The number of aromatic amines is 1. The van der Waals surface area contributed by atoms with Crippen molar-refractivity contribution >= 4 is 22.5 Å². The number of carbonyl (C=O) groups excluding carboxylic acids is 1. The molecule has 2 aliphatic rings. The zero-order valence-electron chi connectivity index (χ0n) is 16.1. The molecule has 0 bridgehead atoms. The molecule has 146 valence electrons. The Morgan fingerprint density at radius 1 is 1.00 bits per heavy atom. The summed E-state index contributed by atoms with van der Waals surface area (Å²) >= 11 is 0. The predicted octanol–water partition coefficient (Wildman–Crippen LogP) is 2.87. The molecule has 1 aromatic carbocycles. The number of para-hydroxylation sites is 1. The van der Waals surface area contributed by atoms with Crippen LogP contribution < -0.4 is 5.56 Å². The number of aromatic nitrogens is 2. The van der Waals surface area contributed by atoms with Gasteiger partial charge in [-0.1, -0.05) is 31.4 Å². The SMILES string of the molecule is O=C(c1cc2[nH]c(=O)c3ccccc3n2c1)N1CCN(C2CCCCC2)CC1. The van der Waals surface area contributed by atoms with Crippen molar-refractivity contribution in [1.82, 2.24) is 19.2 Å². The van der Waals surface area contributed by atoms with Gasteiger partial charge in [0, 0.05) is 38.4 Å². The minimum atomic E-state index is -0.124. The molecule has 0 radical (unpaired) electrons. The van der Waals surface area contributed by atoms with Crippen LogP contribution in [0.5, 0.6) is 0 Å². The molecular formula is C22H26N4O2. The molecule has 1 amide bonds. The van der Waals surface area contributed by atoms with Gasteiger partial charge in [-0.2, -0.15) is 0 Å². The van der Waals surface area contributed by atoms with Crippen LogP contribution in [0.1, 0.15) is 42.5 Å². The quantitative estimate of drug-likeness (QED) is 0.746. The van der Waals surface area contributed by atoms with Crippen molar-refractivity contribution in [2.45, 2.75) is 38.1 Å². The van der Waals surface area contributed by atoms with Gasteiger partial charge >= 0.3 is 0 Å². The van der Waals surface area contributed by atoms with E-state index in [1.807, 2.05) is 33.7 Å². The maximum Gasteiger partial charge on any atom is 0.258 e. The van der Waals surface area contributed by atoms with E-state index in [-0.39, 0.29) is 11.5 Å². The summed E-state index contributed by atoms with van der Waals surface area (Å²) in [6.45, 7) is 3.48. The third kappa shape index (κ3) is 3.02. The van der Waals surface area contributed by atoms with Gasteiger partial charge in [0.15, 0.2) is 0 Å². The fourth-order valence-electron chi connectivity index (χ4n) is 4.85. The maximum absolute atomic E-state index is 13.1. The van der Waals surface area contributed by atoms with E-state index in [0.29, 0.717) is 22.6 Å². The van der Waals surface area contributed by atoms with E-state index < -0.39 is 0 Å². The summed E-state index contributed by atoms with van der Waals surface area (Å²) in [6.07, 6.45) is 8.51. The number of amides is 1. The van der Waals surface area contributed by atoms with Crippen molar-refractivity contribution in [3.05, 3.63) is 52.4 Å². The van der Waals surface area contributed by atoms with Crippen molar-refractivity contribution in [2.24, 2.45) is 0 Å². The highest BCUT2D eigenvalue weighted by Crippen LogP contribution is 2.24. The number of nitrogens with zero attached hydrogens (tertiary/aromatic N) is 3. The van der Waals surface area contributed by atoms with Gasteiger partial charge in [0.25, 0.3) is 11.5 Å². The van der Waals surface area contributed by atoms with Crippen LogP contribution >= 0.6 is 0 Å². The van der Waals surface area contributed by atoms with E-state index in [9.17, 15) is 9.59 Å². The van der Waals surface area contributed by atoms with Crippen molar-refractivity contribution in [3.63, 3.8) is 0 Å². The molecule has 0 spiro atoms. The molecule has 28 heavy (non-hydrogen) atoms. The summed E-state index contributed by atoms with van der Waals surface area (Å²) < 4.78 is 1.91. The van der Waals surface area contributed by atoms with Crippen LogP contribution in [-0.4, -0.2) is 57.3 Å². The molecular weight excluding hydrogens is 352 g/mol. The van der Waals surface area contributed by atoms with Crippen molar-refractivity contribution < 1.29 is 4.79 Å². The fourth-order valence-corrected chi connectivity index (χ4v) is 4.85. The van der Waals surface area contributed by atoms with Crippen LogP contribution in [0, 0.1) is 0 Å². The van der Waals surface area contributed by atoms with Crippen molar-refractivity contribution in [3.8, 4) is 0 Å². The predicted molar refractivity (Wildman–Crippen MR) is 110 cm³/mol. The Morgan fingerprint density at radius 2 is 1.75 bits per heavy atom. The van der Waals surface area contributed by atoms with Gasteiger partial charge in [0.1, 0.15) is 5.65 Å². The first-order valence-corrected chi connectivity index (χ1v) is 10.4. The molecule has 6 heteroatoms. The largest absolute Gasteiger partial charge is 0.336 e. The van der Waals surface area contributed by atoms with Gasteiger partial charge in [-0.25, -0.2) is 0 Å². The molecule has 1 saturated heterocycles. The molecule has 1 N–H and O–H groups in total. The number of H-pyrrole nitrogens is 1. The number of benzene rings is 1. The molecule has 6 nitrogen and oxygen atoms in total. The van der Waals surface area contributed by atoms with E-state index in [0.717, 1.165) is 31.7 Å². The summed E-state index contributed by atoms with van der Waals surface area (Å²) in [7, 11) is 0. The van der Waals surface area contributed by atoms with Crippen LogP contribution in [0.4, 0.5) is 0 Å². The molecule has 3 aromatic rings. The van der Waals surface area contributed by atoms with Crippen molar-refractivity contribution in [1.29, 1.82) is 0 Å². The summed E-state index contributed by atoms with van der Waals surface area (Å²) in [5, 5.41) is 0.630. The van der Waals surface area contributed by atoms with E-state index >= 15 is 0 Å². The Labute approximate surface area is 163 Å². The minimum absolute atomic E-state index is 0.0527. The minimum Gasteiger partial charge on any atom is -0.336 e. The molecule has 5 rings (SSSR count). The lowest BCUT2D eigenvalue weighted by molar-refractivity contribution is 0.0523. The highest BCUT2D eigenvalue weighted by molar-refractivity contribution is 5.96. The van der Waals surface area contributed by atoms with E-state index in [1.165, 1.54) is 32.1 Å². The molecule has 1 saturated carbocycles. The molecule has 1 aliphatic carbocycles. The highest BCUT2D eigenvalue weighted by Gasteiger charge is 2.28. The van der Waals surface area contributed by atoms with Crippen LogP contribution in [-0.2, 0) is 0 Å². The van der Waals surface area contributed by atoms with Gasteiger partial charge < -0.3 is 14.3 Å². The van der Waals surface area contributed by atoms with E-state index in [4.69, 9.17) is 0 Å². The van der Waals surface area contributed by atoms with Crippen LogP contribution in [0.2, 0.25) is 0 Å². The lowest BCUT2D eigenvalue weighted by atomic mass is 9.94. The number of carbonyl (C=O) groups is 1. The first-order valence-electron chi connectivity index (χ1n) is 10.4. The summed E-state index contributed by atoms with van der Waals surface area (Å²) in [5.41, 5.74) is 2.00. The Morgan fingerprint density at radius 3 is 2.54 bits per heavy atom. The molecule has 1 aliphatic heterocycles. The molecule has 3 heterocycles. The van der Waals surface area contributed by atoms with Gasteiger partial charge in [0.05, 0.1) is 16.5 Å². The lowest BCUT2D eigenvalue weighted by Crippen LogP contribution is -2.52. The van der Waals surface area contributed by atoms with E-state index in [1.54, 1.807) is 12.1 Å². The molecule has 0 atom stereocenters. The van der Waals surface area contributed by atoms with Crippen LogP contribution in [0.25, 0.3) is 16.6 Å². The number of fused-ring (bicyclic) bond motifs is 3. The third-order valence-electron chi connectivity index (χ3n) is 6.41. The van der Waals surface area contributed by atoms with Gasteiger partial charge in [0.2, 0.25) is 0 Å². The Kier molecular flexibility index (Phi) is 4.43. The Hall–Kier alpha value is -2.60. The zero-order valence-corrected chi connectivity index (χ0v) is 16.1. The standard InChI is InChI=1S/C22H26N4O2/c27-21-18-8-4-5-9-19(18)26-15-16(14-20(26)23-21)22(28)25-12-10-24(11-13-25)17-6-2-1-3-7-17/h4-5,8-9,14-15,17H,1-3,6-7,10-13H2,(H,23,27). The zero-order chi connectivity index (χ0) is 19.1.